The van der Waals surface area contributed by atoms with E-state index in [1.54, 1.807) is 24.0 Å². The number of phenols is 1. The summed E-state index contributed by atoms with van der Waals surface area (Å²) in [6.45, 7) is 2.87. The second kappa shape index (κ2) is 5.21. The summed E-state index contributed by atoms with van der Waals surface area (Å²) in [5, 5.41) is 9.18. The van der Waals surface area contributed by atoms with Gasteiger partial charge in [0.1, 0.15) is 11.5 Å². The number of rotatable bonds is 2. The average Bonchev–Trinajstić information content (AvgIpc) is 2.39. The number of likely N-dealkylation sites (tertiary alicyclic amines) is 1. The lowest BCUT2D eigenvalue weighted by atomic mass is 9.93. The summed E-state index contributed by atoms with van der Waals surface area (Å²) < 4.78 is 0. The summed E-state index contributed by atoms with van der Waals surface area (Å²) in [6, 6.07) is 6.26. The minimum absolute atomic E-state index is 0.0306. The van der Waals surface area contributed by atoms with Gasteiger partial charge >= 0.3 is 0 Å². The lowest BCUT2D eigenvalue weighted by Crippen LogP contribution is -2.39. The number of carbonyl (C=O) groups is 2. The van der Waals surface area contributed by atoms with E-state index in [2.05, 4.69) is 0 Å². The molecular weight excluding hydrogens is 230 g/mol. The van der Waals surface area contributed by atoms with Gasteiger partial charge in [-0.15, -0.1) is 0 Å². The molecule has 1 aromatic rings. The van der Waals surface area contributed by atoms with E-state index in [4.69, 9.17) is 0 Å². The molecule has 96 valence electrons. The molecule has 1 fully saturated rings. The Morgan fingerprint density at radius 2 is 1.72 bits per heavy atom. The van der Waals surface area contributed by atoms with Gasteiger partial charge in [0, 0.05) is 24.6 Å². The van der Waals surface area contributed by atoms with Crippen molar-refractivity contribution in [2.24, 2.45) is 5.92 Å². The molecule has 18 heavy (non-hydrogen) atoms. The first-order valence-electron chi connectivity index (χ1n) is 6.16. The van der Waals surface area contributed by atoms with E-state index in [-0.39, 0.29) is 23.4 Å². The van der Waals surface area contributed by atoms with Crippen LogP contribution in [0.1, 0.15) is 30.1 Å². The third kappa shape index (κ3) is 2.70. The van der Waals surface area contributed by atoms with Gasteiger partial charge in [-0.05, 0) is 44.0 Å². The molecule has 1 amide bonds. The number of hydrogen-bond acceptors (Lipinski definition) is 3. The van der Waals surface area contributed by atoms with Gasteiger partial charge in [-0.2, -0.15) is 0 Å². The molecule has 0 bridgehead atoms. The maximum atomic E-state index is 12.1. The van der Waals surface area contributed by atoms with Crippen molar-refractivity contribution in [2.45, 2.75) is 19.8 Å². The maximum Gasteiger partial charge on any atom is 0.253 e. The molecule has 0 aromatic heterocycles. The first-order valence-corrected chi connectivity index (χ1v) is 6.16. The molecular formula is C14H17NO3. The van der Waals surface area contributed by atoms with Crippen LogP contribution in [0.4, 0.5) is 0 Å². The topological polar surface area (TPSA) is 57.6 Å². The highest BCUT2D eigenvalue weighted by Gasteiger charge is 2.25. The largest absolute Gasteiger partial charge is 0.508 e. The van der Waals surface area contributed by atoms with Crippen molar-refractivity contribution in [1.82, 2.24) is 4.90 Å². The van der Waals surface area contributed by atoms with E-state index in [0.29, 0.717) is 18.7 Å². The number of Topliss-reactive ketones (excluding diaryl/α,β-unsaturated/α-hetero) is 1. The van der Waals surface area contributed by atoms with E-state index in [9.17, 15) is 14.7 Å². The quantitative estimate of drug-likeness (QED) is 0.867. The van der Waals surface area contributed by atoms with Crippen LogP contribution in [0, 0.1) is 5.92 Å². The zero-order valence-corrected chi connectivity index (χ0v) is 10.4. The summed E-state index contributed by atoms with van der Waals surface area (Å²) in [7, 11) is 0. The molecule has 0 atom stereocenters. The van der Waals surface area contributed by atoms with E-state index in [1.807, 2.05) is 0 Å². The van der Waals surface area contributed by atoms with E-state index >= 15 is 0 Å². The first kappa shape index (κ1) is 12.6. The van der Waals surface area contributed by atoms with Crippen molar-refractivity contribution >= 4 is 11.7 Å². The Labute approximate surface area is 106 Å². The van der Waals surface area contributed by atoms with Gasteiger partial charge in [0.15, 0.2) is 0 Å². The Kier molecular flexibility index (Phi) is 3.65. The van der Waals surface area contributed by atoms with Crippen molar-refractivity contribution in [1.29, 1.82) is 0 Å². The molecule has 2 rings (SSSR count). The third-order valence-corrected chi connectivity index (χ3v) is 3.47. The fraction of sp³-hybridized carbons (Fsp3) is 0.429. The zero-order valence-electron chi connectivity index (χ0n) is 10.4. The van der Waals surface area contributed by atoms with Crippen LogP contribution >= 0.6 is 0 Å². The van der Waals surface area contributed by atoms with Crippen LogP contribution in [-0.2, 0) is 4.79 Å². The molecule has 1 heterocycles. The van der Waals surface area contributed by atoms with Gasteiger partial charge < -0.3 is 10.0 Å². The SMILES string of the molecule is CC(=O)C1CCN(C(=O)c2ccc(O)cc2)CC1. The molecule has 1 aliphatic heterocycles. The highest BCUT2D eigenvalue weighted by atomic mass is 16.3. The number of benzene rings is 1. The molecule has 1 aromatic carbocycles. The number of hydrogen-bond donors (Lipinski definition) is 1. The zero-order chi connectivity index (χ0) is 13.1. The second-order valence-electron chi connectivity index (χ2n) is 4.72. The van der Waals surface area contributed by atoms with Crippen molar-refractivity contribution in [3.05, 3.63) is 29.8 Å². The lowest BCUT2D eigenvalue weighted by Gasteiger charge is -2.30. The molecule has 1 aliphatic rings. The highest BCUT2D eigenvalue weighted by molar-refractivity contribution is 5.94. The molecule has 0 radical (unpaired) electrons. The Morgan fingerprint density at radius 3 is 2.22 bits per heavy atom. The number of phenolic OH excluding ortho intramolecular Hbond substituents is 1. The van der Waals surface area contributed by atoms with Crippen LogP contribution in [0.5, 0.6) is 5.75 Å². The summed E-state index contributed by atoms with van der Waals surface area (Å²) in [4.78, 5) is 25.2. The molecule has 4 heteroatoms. The minimum Gasteiger partial charge on any atom is -0.508 e. The Balaban J connectivity index is 1.99. The fourth-order valence-corrected chi connectivity index (χ4v) is 2.28. The molecule has 0 spiro atoms. The monoisotopic (exact) mass is 247 g/mol. The normalized spacial score (nSPS) is 16.6. The van der Waals surface area contributed by atoms with E-state index in [1.165, 1.54) is 12.1 Å². The summed E-state index contributed by atoms with van der Waals surface area (Å²) in [5.74, 6) is 0.444. The summed E-state index contributed by atoms with van der Waals surface area (Å²) >= 11 is 0. The van der Waals surface area contributed by atoms with E-state index in [0.717, 1.165) is 12.8 Å². The van der Waals surface area contributed by atoms with Crippen LogP contribution in [-0.4, -0.2) is 34.8 Å². The number of piperidine rings is 1. The summed E-state index contributed by atoms with van der Waals surface area (Å²) in [5.41, 5.74) is 0.578. The van der Waals surface area contributed by atoms with Crippen molar-refractivity contribution < 1.29 is 14.7 Å². The number of nitrogens with zero attached hydrogens (tertiary/aromatic N) is 1. The highest BCUT2D eigenvalue weighted by Crippen LogP contribution is 2.20. The molecule has 0 aliphatic carbocycles. The Morgan fingerprint density at radius 1 is 1.17 bits per heavy atom. The fourth-order valence-electron chi connectivity index (χ4n) is 2.28. The van der Waals surface area contributed by atoms with Crippen molar-refractivity contribution in [3.8, 4) is 5.75 Å². The molecule has 0 unspecified atom stereocenters. The standard InChI is InChI=1S/C14H17NO3/c1-10(16)11-6-8-15(9-7-11)14(18)12-2-4-13(17)5-3-12/h2-5,11,17H,6-9H2,1H3. The maximum absolute atomic E-state index is 12.1. The third-order valence-electron chi connectivity index (χ3n) is 3.47. The van der Waals surface area contributed by atoms with Crippen LogP contribution in [0.15, 0.2) is 24.3 Å². The number of carbonyl (C=O) groups excluding carboxylic acids is 2. The van der Waals surface area contributed by atoms with Crippen LogP contribution in [0.2, 0.25) is 0 Å². The molecule has 0 saturated carbocycles. The van der Waals surface area contributed by atoms with Crippen LogP contribution < -0.4 is 0 Å². The average molecular weight is 247 g/mol. The number of amides is 1. The van der Waals surface area contributed by atoms with Gasteiger partial charge in [0.2, 0.25) is 0 Å². The van der Waals surface area contributed by atoms with Gasteiger partial charge in [0.25, 0.3) is 5.91 Å². The number of ketones is 1. The van der Waals surface area contributed by atoms with Crippen molar-refractivity contribution in [2.75, 3.05) is 13.1 Å². The molecule has 1 saturated heterocycles. The van der Waals surface area contributed by atoms with Crippen LogP contribution in [0.25, 0.3) is 0 Å². The lowest BCUT2D eigenvalue weighted by molar-refractivity contribution is -0.121. The number of aromatic hydroxyl groups is 1. The minimum atomic E-state index is -0.0306. The smallest absolute Gasteiger partial charge is 0.253 e. The predicted octanol–water partition coefficient (Wildman–Crippen LogP) is 1.83. The van der Waals surface area contributed by atoms with Gasteiger partial charge in [0.05, 0.1) is 0 Å². The van der Waals surface area contributed by atoms with Crippen LogP contribution in [0.3, 0.4) is 0 Å². The molecule has 1 N–H and O–H groups in total. The van der Waals surface area contributed by atoms with Gasteiger partial charge in [-0.1, -0.05) is 0 Å². The van der Waals surface area contributed by atoms with Gasteiger partial charge in [-0.3, -0.25) is 9.59 Å². The first-order chi connectivity index (χ1) is 8.58. The Hall–Kier alpha value is -1.84. The summed E-state index contributed by atoms with van der Waals surface area (Å²) in [6.07, 6.45) is 1.50. The molecule has 4 nitrogen and oxygen atoms in total. The van der Waals surface area contributed by atoms with Crippen molar-refractivity contribution in [3.63, 3.8) is 0 Å². The van der Waals surface area contributed by atoms with E-state index < -0.39 is 0 Å². The van der Waals surface area contributed by atoms with Gasteiger partial charge in [-0.25, -0.2) is 0 Å². The Bertz CT molecular complexity index is 445. The second-order valence-corrected chi connectivity index (χ2v) is 4.72. The predicted molar refractivity (Wildman–Crippen MR) is 67.4 cm³/mol.